The predicted octanol–water partition coefficient (Wildman–Crippen LogP) is 4.24. The molecule has 0 aliphatic heterocycles. The van der Waals surface area contributed by atoms with Gasteiger partial charge < -0.3 is 16.2 Å². The van der Waals surface area contributed by atoms with Crippen LogP contribution in [0.5, 0.6) is 0 Å². The third-order valence-corrected chi connectivity index (χ3v) is 3.88. The Labute approximate surface area is 148 Å². The summed E-state index contributed by atoms with van der Waals surface area (Å²) in [5.41, 5.74) is 4.27. The number of nitrogens with one attached hydrogen (secondary N) is 1. The number of nitrogens with two attached hydrogens (primary N) is 1. The molecule has 0 saturated heterocycles. The fraction of sp³-hybridized carbons (Fsp3) is 0.895. The van der Waals surface area contributed by atoms with E-state index in [1.54, 1.807) is 13.8 Å². The van der Waals surface area contributed by atoms with Gasteiger partial charge in [-0.05, 0) is 33.2 Å². The first-order valence-corrected chi connectivity index (χ1v) is 9.54. The summed E-state index contributed by atoms with van der Waals surface area (Å²) in [5, 5.41) is 11.5. The van der Waals surface area contributed by atoms with Gasteiger partial charge in [-0.3, -0.25) is 9.59 Å². The van der Waals surface area contributed by atoms with Gasteiger partial charge in [0.2, 0.25) is 5.91 Å². The first kappa shape index (κ1) is 25.1. The third-order valence-electron chi connectivity index (χ3n) is 3.88. The van der Waals surface area contributed by atoms with Crippen molar-refractivity contribution in [3.05, 3.63) is 0 Å². The van der Waals surface area contributed by atoms with E-state index in [-0.39, 0.29) is 5.91 Å². The SMILES string of the molecule is CCCCCCCCCCCC(N)=O.CCCNC(C)(C)C(=O)O. The Hall–Kier alpha value is -1.10. The second-order valence-electron chi connectivity index (χ2n) is 6.90. The fourth-order valence-corrected chi connectivity index (χ4v) is 2.12. The number of hydrogen-bond donors (Lipinski definition) is 3. The highest BCUT2D eigenvalue weighted by Crippen LogP contribution is 2.10. The number of unbranched alkanes of at least 4 members (excludes halogenated alkanes) is 8. The van der Waals surface area contributed by atoms with Gasteiger partial charge in [0.1, 0.15) is 5.54 Å². The monoisotopic (exact) mass is 344 g/mol. The molecule has 0 bridgehead atoms. The highest BCUT2D eigenvalue weighted by molar-refractivity contribution is 5.77. The van der Waals surface area contributed by atoms with Crippen LogP contribution in [0.15, 0.2) is 0 Å². The number of carbonyl (C=O) groups excluding carboxylic acids is 1. The Morgan fingerprint density at radius 3 is 1.71 bits per heavy atom. The molecule has 0 aromatic heterocycles. The minimum Gasteiger partial charge on any atom is -0.480 e. The summed E-state index contributed by atoms with van der Waals surface area (Å²) in [6.45, 7) is 8.31. The van der Waals surface area contributed by atoms with Crippen molar-refractivity contribution in [3.63, 3.8) is 0 Å². The van der Waals surface area contributed by atoms with Crippen molar-refractivity contribution in [2.24, 2.45) is 5.73 Å². The molecule has 0 saturated carbocycles. The summed E-state index contributed by atoms with van der Waals surface area (Å²) in [4.78, 5) is 20.9. The van der Waals surface area contributed by atoms with Crippen molar-refractivity contribution in [1.82, 2.24) is 5.32 Å². The smallest absolute Gasteiger partial charge is 0.323 e. The van der Waals surface area contributed by atoms with Gasteiger partial charge in [-0.2, -0.15) is 0 Å². The van der Waals surface area contributed by atoms with E-state index < -0.39 is 11.5 Å². The Kier molecular flexibility index (Phi) is 17.5. The minimum absolute atomic E-state index is 0.159. The van der Waals surface area contributed by atoms with E-state index in [1.165, 1.54) is 44.9 Å². The van der Waals surface area contributed by atoms with Crippen LogP contribution in [0.3, 0.4) is 0 Å². The lowest BCUT2D eigenvalue weighted by Crippen LogP contribution is -2.46. The molecule has 0 fully saturated rings. The van der Waals surface area contributed by atoms with E-state index in [9.17, 15) is 9.59 Å². The lowest BCUT2D eigenvalue weighted by atomic mass is 10.1. The van der Waals surface area contributed by atoms with Crippen molar-refractivity contribution < 1.29 is 14.7 Å². The number of hydrogen-bond acceptors (Lipinski definition) is 3. The van der Waals surface area contributed by atoms with Crippen molar-refractivity contribution in [1.29, 1.82) is 0 Å². The lowest BCUT2D eigenvalue weighted by Gasteiger charge is -2.20. The molecule has 0 spiro atoms. The molecular weight excluding hydrogens is 304 g/mol. The van der Waals surface area contributed by atoms with Crippen LogP contribution >= 0.6 is 0 Å². The van der Waals surface area contributed by atoms with E-state index >= 15 is 0 Å². The molecule has 1 amide bonds. The average molecular weight is 345 g/mol. The van der Waals surface area contributed by atoms with Gasteiger partial charge in [0.25, 0.3) is 0 Å². The van der Waals surface area contributed by atoms with Crippen LogP contribution in [-0.4, -0.2) is 29.1 Å². The fourth-order valence-electron chi connectivity index (χ4n) is 2.12. The van der Waals surface area contributed by atoms with Crippen LogP contribution in [0.25, 0.3) is 0 Å². The highest BCUT2D eigenvalue weighted by Gasteiger charge is 2.25. The van der Waals surface area contributed by atoms with Crippen LogP contribution < -0.4 is 11.1 Å². The number of rotatable bonds is 14. The van der Waals surface area contributed by atoms with Crippen molar-refractivity contribution in [2.45, 2.75) is 104 Å². The lowest BCUT2D eigenvalue weighted by molar-refractivity contribution is -0.143. The average Bonchev–Trinajstić information content (AvgIpc) is 2.51. The largest absolute Gasteiger partial charge is 0.480 e. The van der Waals surface area contributed by atoms with Crippen LogP contribution in [0, 0.1) is 0 Å². The molecule has 4 N–H and O–H groups in total. The first-order valence-electron chi connectivity index (χ1n) is 9.54. The highest BCUT2D eigenvalue weighted by atomic mass is 16.4. The molecule has 0 aliphatic carbocycles. The molecule has 0 aromatic rings. The van der Waals surface area contributed by atoms with E-state index in [0.29, 0.717) is 6.42 Å². The standard InChI is InChI=1S/C12H25NO.C7H15NO2/c1-2-3-4-5-6-7-8-9-10-11-12(13)14;1-4-5-8-7(2,3)6(9)10/h2-11H2,1H3,(H2,13,14);8H,4-5H2,1-3H3,(H,9,10). The Morgan fingerprint density at radius 1 is 0.875 bits per heavy atom. The van der Waals surface area contributed by atoms with Gasteiger partial charge in [0.05, 0.1) is 0 Å². The van der Waals surface area contributed by atoms with Gasteiger partial charge in [-0.25, -0.2) is 0 Å². The van der Waals surface area contributed by atoms with Crippen LogP contribution in [0.4, 0.5) is 0 Å². The number of carboxylic acid groups (broad SMARTS) is 1. The number of carbonyl (C=O) groups is 2. The topological polar surface area (TPSA) is 92.4 Å². The van der Waals surface area contributed by atoms with E-state index in [4.69, 9.17) is 10.8 Å². The molecular formula is C19H40N2O3. The molecule has 5 nitrogen and oxygen atoms in total. The maximum absolute atomic E-state index is 10.5. The van der Waals surface area contributed by atoms with Crippen molar-refractivity contribution in [2.75, 3.05) is 6.54 Å². The second-order valence-corrected chi connectivity index (χ2v) is 6.90. The first-order chi connectivity index (χ1) is 11.3. The van der Waals surface area contributed by atoms with E-state index in [1.807, 2.05) is 6.92 Å². The molecule has 0 aliphatic rings. The summed E-state index contributed by atoms with van der Waals surface area (Å²) >= 11 is 0. The maximum atomic E-state index is 10.5. The number of amides is 1. The molecule has 5 heteroatoms. The third kappa shape index (κ3) is 18.9. The number of carboxylic acids is 1. The van der Waals surface area contributed by atoms with Crippen LogP contribution in [0.2, 0.25) is 0 Å². The predicted molar refractivity (Wildman–Crippen MR) is 101 cm³/mol. The molecule has 0 unspecified atom stereocenters. The molecule has 24 heavy (non-hydrogen) atoms. The van der Waals surface area contributed by atoms with Gasteiger partial charge >= 0.3 is 5.97 Å². The maximum Gasteiger partial charge on any atom is 0.323 e. The molecule has 0 heterocycles. The van der Waals surface area contributed by atoms with Crippen molar-refractivity contribution in [3.8, 4) is 0 Å². The van der Waals surface area contributed by atoms with Gasteiger partial charge in [0.15, 0.2) is 0 Å². The quantitative estimate of drug-likeness (QED) is 0.411. The Morgan fingerprint density at radius 2 is 1.33 bits per heavy atom. The second kappa shape index (κ2) is 16.7. The summed E-state index contributed by atoms with van der Waals surface area (Å²) < 4.78 is 0. The number of aliphatic carboxylic acids is 1. The zero-order chi connectivity index (χ0) is 18.8. The molecule has 0 rings (SSSR count). The molecule has 0 atom stereocenters. The van der Waals surface area contributed by atoms with E-state index in [2.05, 4.69) is 12.2 Å². The van der Waals surface area contributed by atoms with Gasteiger partial charge in [0, 0.05) is 6.42 Å². The summed E-state index contributed by atoms with van der Waals surface area (Å²) in [7, 11) is 0. The van der Waals surface area contributed by atoms with E-state index in [0.717, 1.165) is 25.8 Å². The van der Waals surface area contributed by atoms with Crippen molar-refractivity contribution >= 4 is 11.9 Å². The van der Waals surface area contributed by atoms with Gasteiger partial charge in [-0.15, -0.1) is 0 Å². The summed E-state index contributed by atoms with van der Waals surface area (Å²) in [6, 6.07) is 0. The van der Waals surface area contributed by atoms with Gasteiger partial charge in [-0.1, -0.05) is 65.2 Å². The Bertz CT molecular complexity index is 318. The number of primary amides is 1. The summed E-state index contributed by atoms with van der Waals surface area (Å²) in [5.74, 6) is -0.964. The Balaban J connectivity index is 0. The molecule has 144 valence electrons. The minimum atomic E-state index is -0.805. The normalized spacial score (nSPS) is 10.8. The van der Waals surface area contributed by atoms with Crippen LogP contribution in [-0.2, 0) is 9.59 Å². The molecule has 0 radical (unpaired) electrons. The molecule has 0 aromatic carbocycles. The zero-order valence-corrected chi connectivity index (χ0v) is 16.3. The van der Waals surface area contributed by atoms with Crippen LogP contribution in [0.1, 0.15) is 98.3 Å². The summed E-state index contributed by atoms with van der Waals surface area (Å²) in [6.07, 6.45) is 13.1. The zero-order valence-electron chi connectivity index (χ0n) is 16.3.